The lowest BCUT2D eigenvalue weighted by Gasteiger charge is -2.04. The van der Waals surface area contributed by atoms with Gasteiger partial charge in [0.25, 0.3) is 0 Å². The second-order valence-electron chi connectivity index (χ2n) is 2.07. The molecule has 0 aromatic heterocycles. The van der Waals surface area contributed by atoms with E-state index in [4.69, 9.17) is 5.73 Å². The molecule has 0 bridgehead atoms. The molecule has 0 aromatic rings. The van der Waals surface area contributed by atoms with E-state index in [2.05, 4.69) is 0 Å². The largest absolute Gasteiger partial charge is 0.336 e. The molecule has 0 rings (SSSR count). The van der Waals surface area contributed by atoms with Crippen molar-refractivity contribution < 1.29 is 17.2 Å². The van der Waals surface area contributed by atoms with Crippen molar-refractivity contribution in [1.82, 2.24) is 0 Å². The summed E-state index contributed by atoms with van der Waals surface area (Å²) in [5, 5.41) is 0. The third kappa shape index (κ3) is 3.07. The molecular weight excluding hydrogens is 164 g/mol. The summed E-state index contributed by atoms with van der Waals surface area (Å²) in [6.07, 6.45) is 0. The minimum Gasteiger partial charge on any atom is -0.327 e. The minimum atomic E-state index is -4.26. The fourth-order valence-corrected chi connectivity index (χ4v) is 1.32. The number of rotatable bonds is 3. The molecule has 0 aromatic carbocycles. The lowest BCUT2D eigenvalue weighted by atomic mass is 10.4. The van der Waals surface area contributed by atoms with Crippen molar-refractivity contribution in [3.8, 4) is 0 Å². The predicted molar refractivity (Wildman–Crippen MR) is 33.4 cm³/mol. The van der Waals surface area contributed by atoms with E-state index in [1.807, 2.05) is 0 Å². The van der Waals surface area contributed by atoms with Gasteiger partial charge in [-0.1, -0.05) is 0 Å². The Kier molecular flexibility index (Phi) is 3.17. The number of alkyl halides is 2. The summed E-state index contributed by atoms with van der Waals surface area (Å²) in [7, 11) is -4.26. The van der Waals surface area contributed by atoms with Gasteiger partial charge in [-0.05, 0) is 6.92 Å². The van der Waals surface area contributed by atoms with Gasteiger partial charge in [-0.25, -0.2) is 8.42 Å². The highest BCUT2D eigenvalue weighted by atomic mass is 32.2. The molecule has 6 heteroatoms. The Hall–Kier alpha value is -0.230. The first-order valence-corrected chi connectivity index (χ1v) is 4.33. The number of hydrogen-bond donors (Lipinski definition) is 1. The van der Waals surface area contributed by atoms with Crippen molar-refractivity contribution in [2.75, 3.05) is 5.75 Å². The molecule has 0 saturated heterocycles. The van der Waals surface area contributed by atoms with Crippen molar-refractivity contribution in [2.45, 2.75) is 18.7 Å². The first-order chi connectivity index (χ1) is 4.36. The van der Waals surface area contributed by atoms with Gasteiger partial charge in [0.2, 0.25) is 9.84 Å². The summed E-state index contributed by atoms with van der Waals surface area (Å²) in [4.78, 5) is 0. The predicted octanol–water partition coefficient (Wildman–Crippen LogP) is -0.0290. The Morgan fingerprint density at radius 1 is 1.50 bits per heavy atom. The third-order valence-corrected chi connectivity index (χ3v) is 2.30. The number of hydrogen-bond acceptors (Lipinski definition) is 3. The van der Waals surface area contributed by atoms with Crippen LogP contribution < -0.4 is 5.73 Å². The Morgan fingerprint density at radius 2 is 1.90 bits per heavy atom. The molecule has 62 valence electrons. The molecular formula is C4H9F2NO2S. The average molecular weight is 173 g/mol. The fraction of sp³-hybridized carbons (Fsp3) is 1.00. The molecule has 0 radical (unpaired) electrons. The van der Waals surface area contributed by atoms with Crippen LogP contribution in [-0.4, -0.2) is 26.0 Å². The van der Waals surface area contributed by atoms with E-state index >= 15 is 0 Å². The first kappa shape index (κ1) is 9.77. The Labute approximate surface area is 58.1 Å². The van der Waals surface area contributed by atoms with Crippen LogP contribution in [0.2, 0.25) is 0 Å². The maximum absolute atomic E-state index is 11.5. The van der Waals surface area contributed by atoms with Gasteiger partial charge in [0.1, 0.15) is 0 Å². The van der Waals surface area contributed by atoms with Crippen molar-refractivity contribution in [2.24, 2.45) is 5.73 Å². The van der Waals surface area contributed by atoms with Crippen LogP contribution in [0.3, 0.4) is 0 Å². The van der Waals surface area contributed by atoms with Crippen LogP contribution in [0.25, 0.3) is 0 Å². The highest BCUT2D eigenvalue weighted by molar-refractivity contribution is 7.91. The molecule has 2 N–H and O–H groups in total. The molecule has 10 heavy (non-hydrogen) atoms. The number of halogens is 2. The van der Waals surface area contributed by atoms with Gasteiger partial charge >= 0.3 is 5.76 Å². The Morgan fingerprint density at radius 3 is 2.00 bits per heavy atom. The van der Waals surface area contributed by atoms with Crippen molar-refractivity contribution in [3.63, 3.8) is 0 Å². The van der Waals surface area contributed by atoms with Crippen molar-refractivity contribution in [3.05, 3.63) is 0 Å². The van der Waals surface area contributed by atoms with E-state index < -0.39 is 27.4 Å². The molecule has 0 aliphatic rings. The van der Waals surface area contributed by atoms with E-state index in [-0.39, 0.29) is 0 Å². The van der Waals surface area contributed by atoms with Gasteiger partial charge in [-0.15, -0.1) is 0 Å². The number of sulfone groups is 1. The van der Waals surface area contributed by atoms with E-state index in [0.717, 1.165) is 0 Å². The van der Waals surface area contributed by atoms with E-state index in [1.54, 1.807) is 0 Å². The maximum atomic E-state index is 11.5. The maximum Gasteiger partial charge on any atom is 0.336 e. The fourth-order valence-electron chi connectivity index (χ4n) is 0.439. The van der Waals surface area contributed by atoms with E-state index in [1.165, 1.54) is 6.92 Å². The molecule has 0 aliphatic heterocycles. The van der Waals surface area contributed by atoms with Gasteiger partial charge in [-0.2, -0.15) is 8.78 Å². The van der Waals surface area contributed by atoms with Gasteiger partial charge < -0.3 is 5.73 Å². The zero-order valence-corrected chi connectivity index (χ0v) is 6.24. The lowest BCUT2D eigenvalue weighted by molar-refractivity contribution is 0.234. The Balaban J connectivity index is 4.16. The van der Waals surface area contributed by atoms with Crippen LogP contribution in [-0.2, 0) is 9.84 Å². The molecule has 0 aliphatic carbocycles. The summed E-state index contributed by atoms with van der Waals surface area (Å²) in [6.45, 7) is 1.36. The quantitative estimate of drug-likeness (QED) is 0.652. The molecule has 0 fully saturated rings. The third-order valence-electron chi connectivity index (χ3n) is 0.767. The highest BCUT2D eigenvalue weighted by Gasteiger charge is 2.24. The highest BCUT2D eigenvalue weighted by Crippen LogP contribution is 2.05. The normalized spacial score (nSPS) is 15.7. The molecule has 0 heterocycles. The lowest BCUT2D eigenvalue weighted by Crippen LogP contribution is -2.29. The second kappa shape index (κ2) is 3.25. The summed E-state index contributed by atoms with van der Waals surface area (Å²) in [5.74, 6) is -3.97. The van der Waals surface area contributed by atoms with Crippen LogP contribution >= 0.6 is 0 Å². The van der Waals surface area contributed by atoms with E-state index in [0.29, 0.717) is 0 Å². The molecule has 1 atom stereocenters. The minimum absolute atomic E-state index is 0.662. The van der Waals surface area contributed by atoms with Gasteiger partial charge in [-0.3, -0.25) is 0 Å². The number of nitrogens with two attached hydrogens (primary N) is 1. The van der Waals surface area contributed by atoms with Crippen molar-refractivity contribution >= 4 is 9.84 Å². The summed E-state index contributed by atoms with van der Waals surface area (Å²) >= 11 is 0. The van der Waals surface area contributed by atoms with Crippen molar-refractivity contribution in [1.29, 1.82) is 0 Å². The summed E-state index contributed by atoms with van der Waals surface area (Å²) < 4.78 is 43.7. The molecule has 0 amide bonds. The van der Waals surface area contributed by atoms with Crippen LogP contribution in [0.15, 0.2) is 0 Å². The van der Waals surface area contributed by atoms with E-state index in [9.17, 15) is 17.2 Å². The van der Waals surface area contributed by atoms with Crippen LogP contribution in [0.1, 0.15) is 6.92 Å². The van der Waals surface area contributed by atoms with Crippen LogP contribution in [0, 0.1) is 0 Å². The zero-order chi connectivity index (χ0) is 8.36. The van der Waals surface area contributed by atoms with Crippen LogP contribution in [0.5, 0.6) is 0 Å². The standard InChI is InChI=1S/C4H9F2NO2S/c1-3(7)2-10(8,9)4(5)6/h3-4H,2,7H2,1H3/t3-/m1/s1. The average Bonchev–Trinajstić information content (AvgIpc) is 1.60. The van der Waals surface area contributed by atoms with Gasteiger partial charge in [0.15, 0.2) is 0 Å². The smallest absolute Gasteiger partial charge is 0.327 e. The monoisotopic (exact) mass is 173 g/mol. The summed E-state index contributed by atoms with van der Waals surface area (Å²) in [6, 6.07) is -0.737. The molecule has 3 nitrogen and oxygen atoms in total. The molecule has 0 spiro atoms. The second-order valence-corrected chi connectivity index (χ2v) is 4.08. The first-order valence-electron chi connectivity index (χ1n) is 2.61. The molecule has 0 saturated carbocycles. The zero-order valence-electron chi connectivity index (χ0n) is 5.42. The van der Waals surface area contributed by atoms with Gasteiger partial charge in [0, 0.05) is 6.04 Å². The SMILES string of the molecule is C[C@@H](N)CS(=O)(=O)C(F)F. The Bertz CT molecular complexity index is 187. The summed E-state index contributed by atoms with van der Waals surface area (Å²) in [5.41, 5.74) is 5.00. The molecule has 0 unspecified atom stereocenters. The van der Waals surface area contributed by atoms with Gasteiger partial charge in [0.05, 0.1) is 5.75 Å². The topological polar surface area (TPSA) is 60.2 Å². The van der Waals surface area contributed by atoms with Crippen LogP contribution in [0.4, 0.5) is 8.78 Å².